The maximum atomic E-state index is 13.4. The summed E-state index contributed by atoms with van der Waals surface area (Å²) in [4.78, 5) is 24.7. The van der Waals surface area contributed by atoms with Gasteiger partial charge in [-0.1, -0.05) is 29.8 Å². The number of aromatic nitrogens is 3. The van der Waals surface area contributed by atoms with E-state index in [1.807, 2.05) is 53.6 Å². The Morgan fingerprint density at radius 3 is 2.42 bits per heavy atom. The van der Waals surface area contributed by atoms with E-state index in [4.69, 9.17) is 9.97 Å². The Morgan fingerprint density at radius 2 is 1.77 bits per heavy atom. The molecule has 0 radical (unpaired) electrons. The van der Waals surface area contributed by atoms with Crippen molar-refractivity contribution in [3.05, 3.63) is 47.4 Å². The molecule has 7 nitrogen and oxygen atoms in total. The van der Waals surface area contributed by atoms with Crippen LogP contribution in [0.4, 0.5) is 0 Å². The molecule has 0 spiro atoms. The summed E-state index contributed by atoms with van der Waals surface area (Å²) in [5.74, 6) is 0.916. The van der Waals surface area contributed by atoms with E-state index >= 15 is 0 Å². The van der Waals surface area contributed by atoms with Gasteiger partial charge in [0.25, 0.3) is 5.91 Å². The van der Waals surface area contributed by atoms with Crippen molar-refractivity contribution in [2.75, 3.05) is 24.6 Å². The summed E-state index contributed by atoms with van der Waals surface area (Å²) in [6.45, 7) is 5.37. The zero-order chi connectivity index (χ0) is 21.8. The lowest BCUT2D eigenvalue weighted by Gasteiger charge is -2.17. The molecular weight excluding hydrogens is 412 g/mol. The summed E-state index contributed by atoms with van der Waals surface area (Å²) in [6, 6.07) is 9.83. The molecule has 1 atom stereocenters. The first-order chi connectivity index (χ1) is 14.8. The van der Waals surface area contributed by atoms with Crippen molar-refractivity contribution in [2.45, 2.75) is 39.2 Å². The van der Waals surface area contributed by atoms with E-state index < -0.39 is 9.84 Å². The predicted molar refractivity (Wildman–Crippen MR) is 120 cm³/mol. The van der Waals surface area contributed by atoms with Gasteiger partial charge in [-0.15, -0.1) is 0 Å². The average Bonchev–Trinajstić information content (AvgIpc) is 3.45. The highest BCUT2D eigenvalue weighted by Gasteiger charge is 2.33. The molecule has 4 heterocycles. The number of likely N-dealkylation sites (tertiary alicyclic amines) is 1. The molecule has 2 saturated heterocycles. The number of nitrogens with zero attached hydrogens (tertiary/aromatic N) is 4. The van der Waals surface area contributed by atoms with Gasteiger partial charge in [-0.2, -0.15) is 0 Å². The molecule has 2 fully saturated rings. The fourth-order valence-corrected chi connectivity index (χ4v) is 6.44. The number of aryl methyl sites for hydroxylation is 2. The summed E-state index contributed by atoms with van der Waals surface area (Å²) in [5, 5.41) is 0. The molecule has 3 aromatic rings. The highest BCUT2D eigenvalue weighted by molar-refractivity contribution is 7.91. The van der Waals surface area contributed by atoms with Crippen LogP contribution in [0.2, 0.25) is 0 Å². The van der Waals surface area contributed by atoms with Crippen molar-refractivity contribution >= 4 is 26.8 Å². The van der Waals surface area contributed by atoms with Crippen LogP contribution in [0.5, 0.6) is 0 Å². The van der Waals surface area contributed by atoms with Crippen molar-refractivity contribution in [1.82, 2.24) is 19.4 Å². The number of hydrogen-bond donors (Lipinski definition) is 0. The lowest BCUT2D eigenvalue weighted by molar-refractivity contribution is 0.0789. The lowest BCUT2D eigenvalue weighted by atomic mass is 10.1. The number of imidazole rings is 1. The van der Waals surface area contributed by atoms with Crippen LogP contribution >= 0.6 is 0 Å². The Kier molecular flexibility index (Phi) is 4.84. The molecule has 2 aliphatic rings. The molecule has 0 aliphatic carbocycles. The summed E-state index contributed by atoms with van der Waals surface area (Å²) in [6.07, 6.45) is 2.56. The zero-order valence-corrected chi connectivity index (χ0v) is 18.7. The minimum absolute atomic E-state index is 0.0971. The molecule has 1 amide bonds. The van der Waals surface area contributed by atoms with Gasteiger partial charge in [-0.25, -0.2) is 18.4 Å². The molecule has 31 heavy (non-hydrogen) atoms. The smallest absolute Gasteiger partial charge is 0.274 e. The van der Waals surface area contributed by atoms with E-state index in [0.717, 1.165) is 48.4 Å². The number of carbonyl (C=O) groups is 1. The third-order valence-corrected chi connectivity index (χ3v) is 8.12. The first-order valence-corrected chi connectivity index (χ1v) is 12.6. The normalized spacial score (nSPS) is 20.6. The Bertz CT molecular complexity index is 1270. The number of amides is 1. The quantitative estimate of drug-likeness (QED) is 0.626. The van der Waals surface area contributed by atoms with Gasteiger partial charge in [0, 0.05) is 18.7 Å². The largest absolute Gasteiger partial charge is 0.337 e. The number of sulfone groups is 1. The molecule has 162 valence electrons. The third kappa shape index (κ3) is 3.63. The first-order valence-electron chi connectivity index (χ1n) is 10.8. The van der Waals surface area contributed by atoms with Gasteiger partial charge in [0.2, 0.25) is 0 Å². The number of carbonyl (C=O) groups excluding carboxylic acids is 1. The number of benzene rings is 1. The first kappa shape index (κ1) is 20.2. The topological polar surface area (TPSA) is 85.2 Å². The van der Waals surface area contributed by atoms with Crippen LogP contribution in [-0.2, 0) is 9.84 Å². The van der Waals surface area contributed by atoms with Gasteiger partial charge in [-0.05, 0) is 39.2 Å². The summed E-state index contributed by atoms with van der Waals surface area (Å²) < 4.78 is 26.3. The molecule has 2 aliphatic heterocycles. The Morgan fingerprint density at radius 1 is 1.06 bits per heavy atom. The van der Waals surface area contributed by atoms with E-state index in [2.05, 4.69) is 0 Å². The van der Waals surface area contributed by atoms with E-state index in [1.165, 1.54) is 0 Å². The van der Waals surface area contributed by atoms with E-state index in [-0.39, 0.29) is 23.5 Å². The van der Waals surface area contributed by atoms with E-state index in [9.17, 15) is 13.2 Å². The maximum absolute atomic E-state index is 13.4. The molecule has 0 N–H and O–H groups in total. The highest BCUT2D eigenvalue weighted by atomic mass is 32.2. The Labute approximate surface area is 182 Å². The summed E-state index contributed by atoms with van der Waals surface area (Å²) >= 11 is 0. The second kappa shape index (κ2) is 7.44. The number of rotatable bonds is 3. The number of pyridine rings is 1. The van der Waals surface area contributed by atoms with Gasteiger partial charge in [0.05, 0.1) is 28.8 Å². The molecule has 5 rings (SSSR count). The van der Waals surface area contributed by atoms with Gasteiger partial charge < -0.3 is 9.47 Å². The molecule has 1 aromatic carbocycles. The highest BCUT2D eigenvalue weighted by Crippen LogP contribution is 2.33. The molecule has 0 saturated carbocycles. The average molecular weight is 439 g/mol. The summed E-state index contributed by atoms with van der Waals surface area (Å²) in [7, 11) is -3.05. The maximum Gasteiger partial charge on any atom is 0.274 e. The third-order valence-electron chi connectivity index (χ3n) is 6.37. The van der Waals surface area contributed by atoms with Crippen LogP contribution in [-0.4, -0.2) is 58.4 Å². The fraction of sp³-hybridized carbons (Fsp3) is 0.435. The standard InChI is InChI=1S/C23H26N4O3S/c1-15-5-7-17(8-6-15)19-13-20-21(22(25-19)23(28)26-10-3-4-11-26)24-16(2)27(20)18-9-12-31(29,30)14-18/h5-8,13,18H,3-4,9-12,14H2,1-2H3. The SMILES string of the molecule is Cc1ccc(-c2cc3c(nc(C)n3C3CCS(=O)(=O)C3)c(C(=O)N3CCCC3)n2)cc1. The predicted octanol–water partition coefficient (Wildman–Crippen LogP) is 3.31. The summed E-state index contributed by atoms with van der Waals surface area (Å²) in [5.41, 5.74) is 4.49. The van der Waals surface area contributed by atoms with Crippen LogP contribution in [0.15, 0.2) is 30.3 Å². The minimum Gasteiger partial charge on any atom is -0.337 e. The van der Waals surface area contributed by atoms with Crippen LogP contribution in [0, 0.1) is 13.8 Å². The van der Waals surface area contributed by atoms with Crippen LogP contribution in [0.1, 0.15) is 47.2 Å². The lowest BCUT2D eigenvalue weighted by Crippen LogP contribution is -2.28. The van der Waals surface area contributed by atoms with Crippen LogP contribution in [0.25, 0.3) is 22.3 Å². The van der Waals surface area contributed by atoms with Crippen LogP contribution < -0.4 is 0 Å². The van der Waals surface area contributed by atoms with Crippen molar-refractivity contribution < 1.29 is 13.2 Å². The van der Waals surface area contributed by atoms with Gasteiger partial charge >= 0.3 is 0 Å². The second-order valence-electron chi connectivity index (χ2n) is 8.68. The van der Waals surface area contributed by atoms with Crippen molar-refractivity contribution in [1.29, 1.82) is 0 Å². The molecule has 8 heteroatoms. The van der Waals surface area contributed by atoms with Crippen molar-refractivity contribution in [2.24, 2.45) is 0 Å². The van der Waals surface area contributed by atoms with Crippen molar-refractivity contribution in [3.63, 3.8) is 0 Å². The minimum atomic E-state index is -3.05. The number of fused-ring (bicyclic) bond motifs is 1. The molecule has 1 unspecified atom stereocenters. The monoisotopic (exact) mass is 438 g/mol. The van der Waals surface area contributed by atoms with E-state index in [0.29, 0.717) is 23.3 Å². The number of hydrogen-bond acceptors (Lipinski definition) is 5. The van der Waals surface area contributed by atoms with Gasteiger partial charge in [-0.3, -0.25) is 4.79 Å². The van der Waals surface area contributed by atoms with Crippen LogP contribution in [0.3, 0.4) is 0 Å². The van der Waals surface area contributed by atoms with Crippen molar-refractivity contribution in [3.8, 4) is 11.3 Å². The van der Waals surface area contributed by atoms with Gasteiger partial charge in [0.15, 0.2) is 15.5 Å². The second-order valence-corrected chi connectivity index (χ2v) is 10.9. The fourth-order valence-electron chi connectivity index (χ4n) is 4.74. The zero-order valence-electron chi connectivity index (χ0n) is 17.8. The molecule has 2 aromatic heterocycles. The molecular formula is C23H26N4O3S. The van der Waals surface area contributed by atoms with Gasteiger partial charge in [0.1, 0.15) is 11.3 Å². The molecule has 0 bridgehead atoms. The Balaban J connectivity index is 1.71. The Hall–Kier alpha value is -2.74. The van der Waals surface area contributed by atoms with E-state index in [1.54, 1.807) is 0 Å².